The Labute approximate surface area is 79.8 Å². The number of unbranched alkanes of at least 4 members (excludes halogenated alkanes) is 2. The third-order valence-electron chi connectivity index (χ3n) is 1.14. The first-order valence-corrected chi connectivity index (χ1v) is 5.85. The van der Waals surface area contributed by atoms with Crippen molar-refractivity contribution in [2.24, 2.45) is 0 Å². The second kappa shape index (κ2) is 9.92. The molecule has 10 heavy (non-hydrogen) atoms. The fourth-order valence-corrected chi connectivity index (χ4v) is 1.26. The number of halogens is 2. The van der Waals surface area contributed by atoms with Crippen LogP contribution in [0.1, 0.15) is 19.3 Å². The van der Waals surface area contributed by atoms with Crippen molar-refractivity contribution in [1.82, 2.24) is 0 Å². The lowest BCUT2D eigenvalue weighted by Crippen LogP contribution is -1.97. The highest BCUT2D eigenvalue weighted by atomic mass is 79.9. The maximum Gasteiger partial charge on any atom is 0.0563 e. The van der Waals surface area contributed by atoms with Gasteiger partial charge in [-0.2, -0.15) is 0 Å². The summed E-state index contributed by atoms with van der Waals surface area (Å²) < 4.78 is 5.27. The predicted molar refractivity (Wildman–Crippen MR) is 52.3 cm³/mol. The first-order valence-electron chi connectivity index (χ1n) is 3.61. The smallest absolute Gasteiger partial charge is 0.0563 e. The molecule has 0 radical (unpaired) electrons. The summed E-state index contributed by atoms with van der Waals surface area (Å²) in [5, 5.41) is 2.07. The summed E-state index contributed by atoms with van der Waals surface area (Å²) in [7, 11) is 0. The predicted octanol–water partition coefficient (Wildman–Crippen LogP) is 2.96. The molecule has 0 atom stereocenters. The van der Waals surface area contributed by atoms with Gasteiger partial charge in [-0.15, -0.1) is 0 Å². The molecule has 0 aromatic carbocycles. The summed E-state index contributed by atoms with van der Waals surface area (Å²) in [4.78, 5) is 0. The summed E-state index contributed by atoms with van der Waals surface area (Å²) in [6.45, 7) is 1.76. The maximum absolute atomic E-state index is 5.27. The Morgan fingerprint density at radius 3 is 2.20 bits per heavy atom. The van der Waals surface area contributed by atoms with Crippen molar-refractivity contribution >= 4 is 31.9 Å². The Bertz CT molecular complexity index is 51.6. The molecule has 0 heterocycles. The van der Waals surface area contributed by atoms with Crippen LogP contribution < -0.4 is 0 Å². The van der Waals surface area contributed by atoms with Crippen LogP contribution in [0.5, 0.6) is 0 Å². The van der Waals surface area contributed by atoms with E-state index in [0.717, 1.165) is 23.9 Å². The van der Waals surface area contributed by atoms with Crippen molar-refractivity contribution < 1.29 is 4.74 Å². The summed E-state index contributed by atoms with van der Waals surface area (Å²) in [6, 6.07) is 0. The van der Waals surface area contributed by atoms with Gasteiger partial charge >= 0.3 is 0 Å². The lowest BCUT2D eigenvalue weighted by Gasteiger charge is -1.99. The zero-order valence-electron chi connectivity index (χ0n) is 6.11. The van der Waals surface area contributed by atoms with Gasteiger partial charge in [-0.3, -0.25) is 0 Å². The molecule has 0 aliphatic carbocycles. The van der Waals surface area contributed by atoms with Gasteiger partial charge < -0.3 is 4.74 Å². The minimum atomic E-state index is 0.842. The summed E-state index contributed by atoms with van der Waals surface area (Å²) in [6.07, 6.45) is 3.73. The number of hydrogen-bond donors (Lipinski definition) is 0. The van der Waals surface area contributed by atoms with Crippen LogP contribution in [-0.2, 0) is 4.74 Å². The Kier molecular flexibility index (Phi) is 10.8. The molecule has 0 fully saturated rings. The first kappa shape index (κ1) is 10.9. The minimum absolute atomic E-state index is 0.842. The molecule has 0 unspecified atom stereocenters. The van der Waals surface area contributed by atoms with Crippen LogP contribution in [-0.4, -0.2) is 23.9 Å². The molecule has 1 nitrogen and oxygen atoms in total. The van der Waals surface area contributed by atoms with E-state index in [1.807, 2.05) is 0 Å². The zero-order valence-corrected chi connectivity index (χ0v) is 9.29. The van der Waals surface area contributed by atoms with E-state index in [2.05, 4.69) is 31.9 Å². The normalized spacial score (nSPS) is 10.2. The Hall–Kier alpha value is 0.920. The molecule has 0 saturated heterocycles. The highest BCUT2D eigenvalue weighted by Crippen LogP contribution is 1.98. The summed E-state index contributed by atoms with van der Waals surface area (Å²) in [5.41, 5.74) is 0. The average Bonchev–Trinajstić information content (AvgIpc) is 1.97. The number of alkyl halides is 2. The quantitative estimate of drug-likeness (QED) is 0.512. The SMILES string of the molecule is BrCCCCCOCCBr. The number of rotatable bonds is 7. The minimum Gasteiger partial charge on any atom is -0.381 e. The number of ether oxygens (including phenoxy) is 1. The average molecular weight is 274 g/mol. The van der Waals surface area contributed by atoms with E-state index in [9.17, 15) is 0 Å². The lowest BCUT2D eigenvalue weighted by molar-refractivity contribution is 0.146. The fraction of sp³-hybridized carbons (Fsp3) is 1.00. The van der Waals surface area contributed by atoms with E-state index in [-0.39, 0.29) is 0 Å². The molecule has 0 aromatic heterocycles. The monoisotopic (exact) mass is 272 g/mol. The van der Waals surface area contributed by atoms with Crippen LogP contribution in [0, 0.1) is 0 Å². The van der Waals surface area contributed by atoms with Crippen LogP contribution >= 0.6 is 31.9 Å². The van der Waals surface area contributed by atoms with Crippen molar-refractivity contribution in [1.29, 1.82) is 0 Å². The molecule has 0 aliphatic heterocycles. The Morgan fingerprint density at radius 1 is 0.800 bits per heavy atom. The topological polar surface area (TPSA) is 9.23 Å². The van der Waals surface area contributed by atoms with E-state index in [4.69, 9.17) is 4.74 Å². The van der Waals surface area contributed by atoms with Gasteiger partial charge in [0.15, 0.2) is 0 Å². The van der Waals surface area contributed by atoms with E-state index >= 15 is 0 Å². The third-order valence-corrected chi connectivity index (χ3v) is 2.03. The third kappa shape index (κ3) is 8.92. The number of hydrogen-bond acceptors (Lipinski definition) is 1. The standard InChI is InChI=1S/C7H14Br2O/c8-4-2-1-3-6-10-7-5-9/h1-7H2. The van der Waals surface area contributed by atoms with Gasteiger partial charge in [0.25, 0.3) is 0 Å². The molecular weight excluding hydrogens is 260 g/mol. The van der Waals surface area contributed by atoms with Crippen LogP contribution in [0.4, 0.5) is 0 Å². The van der Waals surface area contributed by atoms with E-state index < -0.39 is 0 Å². The molecular formula is C7H14Br2O. The molecule has 0 spiro atoms. The lowest BCUT2D eigenvalue weighted by atomic mass is 10.3. The largest absolute Gasteiger partial charge is 0.381 e. The maximum atomic E-state index is 5.27. The van der Waals surface area contributed by atoms with Crippen molar-refractivity contribution in [3.05, 3.63) is 0 Å². The van der Waals surface area contributed by atoms with E-state index in [0.29, 0.717) is 0 Å². The summed E-state index contributed by atoms with van der Waals surface area (Å²) >= 11 is 6.68. The molecule has 0 amide bonds. The van der Waals surface area contributed by atoms with Crippen molar-refractivity contribution in [2.45, 2.75) is 19.3 Å². The van der Waals surface area contributed by atoms with Gasteiger partial charge in [0, 0.05) is 17.3 Å². The molecule has 62 valence electrons. The van der Waals surface area contributed by atoms with Gasteiger partial charge in [0.1, 0.15) is 0 Å². The zero-order chi connectivity index (χ0) is 7.66. The molecule has 0 rings (SSSR count). The van der Waals surface area contributed by atoms with E-state index in [1.165, 1.54) is 19.3 Å². The van der Waals surface area contributed by atoms with Gasteiger partial charge in [0.2, 0.25) is 0 Å². The molecule has 0 saturated carbocycles. The van der Waals surface area contributed by atoms with Crippen molar-refractivity contribution in [2.75, 3.05) is 23.9 Å². The highest BCUT2D eigenvalue weighted by Gasteiger charge is 1.87. The van der Waals surface area contributed by atoms with Crippen LogP contribution in [0.3, 0.4) is 0 Å². The molecule has 0 aromatic rings. The van der Waals surface area contributed by atoms with Crippen LogP contribution in [0.2, 0.25) is 0 Å². The van der Waals surface area contributed by atoms with Crippen molar-refractivity contribution in [3.8, 4) is 0 Å². The van der Waals surface area contributed by atoms with Crippen LogP contribution in [0.25, 0.3) is 0 Å². The van der Waals surface area contributed by atoms with Gasteiger partial charge in [-0.05, 0) is 12.8 Å². The first-order chi connectivity index (χ1) is 4.91. The van der Waals surface area contributed by atoms with Gasteiger partial charge in [-0.1, -0.05) is 38.3 Å². The molecule has 0 N–H and O–H groups in total. The van der Waals surface area contributed by atoms with Gasteiger partial charge in [0.05, 0.1) is 6.61 Å². The second-order valence-electron chi connectivity index (χ2n) is 2.05. The van der Waals surface area contributed by atoms with E-state index in [1.54, 1.807) is 0 Å². The molecule has 0 bridgehead atoms. The molecule has 0 aliphatic rings. The highest BCUT2D eigenvalue weighted by molar-refractivity contribution is 9.09. The van der Waals surface area contributed by atoms with Crippen molar-refractivity contribution in [3.63, 3.8) is 0 Å². The fourth-order valence-electron chi connectivity index (χ4n) is 0.632. The Balaban J connectivity index is 2.65. The summed E-state index contributed by atoms with van der Waals surface area (Å²) in [5.74, 6) is 0. The second-order valence-corrected chi connectivity index (χ2v) is 3.64. The van der Waals surface area contributed by atoms with Gasteiger partial charge in [-0.25, -0.2) is 0 Å². The van der Waals surface area contributed by atoms with Crippen LogP contribution in [0.15, 0.2) is 0 Å². The Morgan fingerprint density at radius 2 is 1.60 bits per heavy atom. The molecule has 3 heteroatoms.